The van der Waals surface area contributed by atoms with Crippen molar-refractivity contribution in [2.24, 2.45) is 0 Å². The topological polar surface area (TPSA) is 122 Å². The minimum Gasteiger partial charge on any atom is -0.550 e. The second-order valence-electron chi connectivity index (χ2n) is 6.21. The molecular formula is C18H32N2Na2O6. The Kier molecular flexibility index (Phi) is 27.8. The normalized spacial score (nSPS) is 10.1. The van der Waals surface area contributed by atoms with Crippen LogP contribution in [0.5, 0.6) is 0 Å². The average molecular weight is 418 g/mol. The number of ether oxygens (including phenoxy) is 1. The van der Waals surface area contributed by atoms with Crippen LogP contribution in [-0.2, 0) is 19.1 Å². The molecule has 152 valence electrons. The Labute approximate surface area is 212 Å². The van der Waals surface area contributed by atoms with Crippen molar-refractivity contribution < 1.29 is 88.4 Å². The Morgan fingerprint density at radius 3 is 2.07 bits per heavy atom. The summed E-state index contributed by atoms with van der Waals surface area (Å²) in [5.41, 5.74) is 0. The number of carbonyl (C=O) groups is 3. The van der Waals surface area contributed by atoms with Crippen molar-refractivity contribution in [3.63, 3.8) is 0 Å². The maximum atomic E-state index is 11.8. The summed E-state index contributed by atoms with van der Waals surface area (Å²) < 4.78 is 5.18. The predicted octanol–water partition coefficient (Wildman–Crippen LogP) is -6.93. The van der Waals surface area contributed by atoms with Crippen LogP contribution in [-0.4, -0.2) is 62.1 Å². The molecule has 28 heavy (non-hydrogen) atoms. The molecule has 0 aromatic rings. The van der Waals surface area contributed by atoms with Crippen LogP contribution in [0.25, 0.3) is 0 Å². The number of carboxylic acid groups (broad SMARTS) is 2. The summed E-state index contributed by atoms with van der Waals surface area (Å²) in [6.07, 6.45) is 5.69. The fourth-order valence-electron chi connectivity index (χ4n) is 2.37. The minimum absolute atomic E-state index is 0. The summed E-state index contributed by atoms with van der Waals surface area (Å²) in [4.78, 5) is 34.5. The summed E-state index contributed by atoms with van der Waals surface area (Å²) in [6, 6.07) is 0. The molecule has 0 bridgehead atoms. The number of unbranched alkanes of at least 4 members (excludes halogenated alkanes) is 4. The Balaban J connectivity index is -0.00000312. The van der Waals surface area contributed by atoms with E-state index in [2.05, 4.69) is 12.2 Å². The van der Waals surface area contributed by atoms with E-state index in [9.17, 15) is 24.6 Å². The number of nitrogens with zero attached hydrogens (tertiary/aromatic N) is 1. The van der Waals surface area contributed by atoms with Crippen LogP contribution in [0, 0.1) is 0 Å². The minimum atomic E-state index is -1.17. The van der Waals surface area contributed by atoms with Gasteiger partial charge in [-0.25, -0.2) is 0 Å². The number of rotatable bonds is 18. The summed E-state index contributed by atoms with van der Waals surface area (Å²) in [5.74, 6) is -2.30. The Hall–Kier alpha value is 0.330. The van der Waals surface area contributed by atoms with Crippen LogP contribution < -0.4 is 74.6 Å². The van der Waals surface area contributed by atoms with Gasteiger partial charge in [-0.05, 0) is 12.8 Å². The molecule has 0 radical (unpaired) electrons. The van der Waals surface area contributed by atoms with Gasteiger partial charge in [0, 0.05) is 51.0 Å². The van der Waals surface area contributed by atoms with Crippen molar-refractivity contribution in [1.29, 1.82) is 0 Å². The van der Waals surface area contributed by atoms with E-state index in [1.807, 2.05) is 4.90 Å². The van der Waals surface area contributed by atoms with E-state index in [-0.39, 0.29) is 91.1 Å². The number of aliphatic carboxylic acids is 2. The van der Waals surface area contributed by atoms with Crippen molar-refractivity contribution in [2.75, 3.05) is 39.4 Å². The van der Waals surface area contributed by atoms with Gasteiger partial charge in [0.25, 0.3) is 0 Å². The van der Waals surface area contributed by atoms with E-state index in [4.69, 9.17) is 4.74 Å². The van der Waals surface area contributed by atoms with Crippen LogP contribution in [0.2, 0.25) is 0 Å². The van der Waals surface area contributed by atoms with Crippen LogP contribution in [0.1, 0.15) is 58.3 Å². The van der Waals surface area contributed by atoms with Crippen LogP contribution in [0.4, 0.5) is 0 Å². The molecular weight excluding hydrogens is 386 g/mol. The molecule has 0 spiro atoms. The first-order chi connectivity index (χ1) is 12.5. The fraction of sp³-hybridized carbons (Fsp3) is 0.833. The van der Waals surface area contributed by atoms with Gasteiger partial charge in [-0.15, -0.1) is 0 Å². The zero-order chi connectivity index (χ0) is 19.6. The zero-order valence-corrected chi connectivity index (χ0v) is 21.8. The molecule has 0 heterocycles. The summed E-state index contributed by atoms with van der Waals surface area (Å²) in [6.45, 7) is 4.16. The molecule has 0 rings (SSSR count). The Bertz CT molecular complexity index is 414. The molecule has 0 aromatic heterocycles. The third-order valence-corrected chi connectivity index (χ3v) is 3.89. The molecule has 0 aliphatic carbocycles. The second-order valence-corrected chi connectivity index (χ2v) is 6.21. The van der Waals surface area contributed by atoms with E-state index in [0.717, 1.165) is 19.3 Å². The van der Waals surface area contributed by atoms with Crippen LogP contribution >= 0.6 is 0 Å². The number of carbonyl (C=O) groups excluding carboxylic acids is 3. The third-order valence-electron chi connectivity index (χ3n) is 3.89. The van der Waals surface area contributed by atoms with Gasteiger partial charge in [-0.2, -0.15) is 0 Å². The number of nitrogens with one attached hydrogen (secondary N) is 1. The standard InChI is InChI=1S/C18H34N2O6.2Na/c1-2-3-4-5-6-7-16(21)19-10-12-20(11-8-17(22)23)13-15-26-14-9-18(24)25;;/h2-15H2,1H3,(H,19,21)(H,22,23)(H,24,25);;/q;2*+1/p-2. The monoisotopic (exact) mass is 418 g/mol. The zero-order valence-electron chi connectivity index (χ0n) is 17.8. The largest absolute Gasteiger partial charge is 1.00 e. The Morgan fingerprint density at radius 1 is 0.821 bits per heavy atom. The van der Waals surface area contributed by atoms with E-state index in [0.29, 0.717) is 32.6 Å². The summed E-state index contributed by atoms with van der Waals surface area (Å²) in [7, 11) is 0. The molecule has 1 N–H and O–H groups in total. The molecule has 0 aromatic carbocycles. The molecule has 1 amide bonds. The quantitative estimate of drug-likeness (QED) is 0.173. The molecule has 0 unspecified atom stereocenters. The van der Waals surface area contributed by atoms with Gasteiger partial charge in [0.1, 0.15) is 0 Å². The van der Waals surface area contributed by atoms with E-state index in [1.54, 1.807) is 0 Å². The molecule has 0 aliphatic heterocycles. The molecule has 0 atom stereocenters. The molecule has 0 aliphatic rings. The second kappa shape index (κ2) is 23.6. The fourth-order valence-corrected chi connectivity index (χ4v) is 2.37. The molecule has 0 saturated carbocycles. The maximum absolute atomic E-state index is 11.8. The van der Waals surface area contributed by atoms with Crippen molar-refractivity contribution in [3.8, 4) is 0 Å². The smallest absolute Gasteiger partial charge is 0.550 e. The third kappa shape index (κ3) is 24.4. The van der Waals surface area contributed by atoms with Gasteiger partial charge in [-0.1, -0.05) is 32.6 Å². The molecule has 10 heteroatoms. The first-order valence-corrected chi connectivity index (χ1v) is 9.42. The molecule has 0 saturated heterocycles. The summed E-state index contributed by atoms with van der Waals surface area (Å²) in [5, 5.41) is 23.7. The van der Waals surface area contributed by atoms with E-state index >= 15 is 0 Å². The first-order valence-electron chi connectivity index (χ1n) is 9.42. The Morgan fingerprint density at radius 2 is 1.46 bits per heavy atom. The van der Waals surface area contributed by atoms with Crippen molar-refractivity contribution in [1.82, 2.24) is 10.2 Å². The van der Waals surface area contributed by atoms with Crippen LogP contribution in [0.15, 0.2) is 0 Å². The van der Waals surface area contributed by atoms with Gasteiger partial charge in [0.15, 0.2) is 0 Å². The van der Waals surface area contributed by atoms with Crippen molar-refractivity contribution >= 4 is 17.8 Å². The predicted molar refractivity (Wildman–Crippen MR) is 92.9 cm³/mol. The van der Waals surface area contributed by atoms with Gasteiger partial charge in [-0.3, -0.25) is 9.69 Å². The number of hydrogen-bond acceptors (Lipinski definition) is 7. The van der Waals surface area contributed by atoms with Crippen molar-refractivity contribution in [2.45, 2.75) is 58.3 Å². The van der Waals surface area contributed by atoms with Crippen LogP contribution in [0.3, 0.4) is 0 Å². The van der Waals surface area contributed by atoms with Gasteiger partial charge in [0.05, 0.1) is 13.2 Å². The number of hydrogen-bond donors (Lipinski definition) is 1. The SMILES string of the molecule is CCCCCCCC(=O)NCCN(CCOCCC(=O)[O-])CCC(=O)[O-].[Na+].[Na+]. The average Bonchev–Trinajstić information content (AvgIpc) is 2.58. The maximum Gasteiger partial charge on any atom is 1.00 e. The van der Waals surface area contributed by atoms with Gasteiger partial charge in [0.2, 0.25) is 5.91 Å². The van der Waals surface area contributed by atoms with E-state index in [1.165, 1.54) is 12.8 Å². The number of carboxylic acids is 2. The van der Waals surface area contributed by atoms with Crippen molar-refractivity contribution in [3.05, 3.63) is 0 Å². The van der Waals surface area contributed by atoms with Gasteiger partial charge >= 0.3 is 59.1 Å². The number of amides is 1. The first kappa shape index (κ1) is 33.0. The van der Waals surface area contributed by atoms with E-state index < -0.39 is 11.9 Å². The molecule has 0 fully saturated rings. The molecule has 8 nitrogen and oxygen atoms in total. The van der Waals surface area contributed by atoms with Gasteiger partial charge < -0.3 is 29.9 Å². The summed E-state index contributed by atoms with van der Waals surface area (Å²) >= 11 is 0.